The molecule has 1 aromatic carbocycles. The Balaban J connectivity index is 1.41. The third-order valence-corrected chi connectivity index (χ3v) is 11.5. The van der Waals surface area contributed by atoms with Crippen LogP contribution in [0.1, 0.15) is 26.3 Å². The summed E-state index contributed by atoms with van der Waals surface area (Å²) < 4.78 is 37.3. The van der Waals surface area contributed by atoms with Gasteiger partial charge in [0, 0.05) is 0 Å². The Kier molecular flexibility index (Phi) is 4.35. The molecule has 4 saturated heterocycles. The summed E-state index contributed by atoms with van der Waals surface area (Å²) >= 11 is 0. The van der Waals surface area contributed by atoms with Gasteiger partial charge in [-0.3, -0.25) is 0 Å². The predicted octanol–water partition coefficient (Wildman–Crippen LogP) is 3.21. The lowest BCUT2D eigenvalue weighted by Gasteiger charge is -2.60. The molecule has 0 amide bonds. The van der Waals surface area contributed by atoms with Crippen molar-refractivity contribution < 1.29 is 28.1 Å². The monoisotopic (exact) mass is 406 g/mol. The molecule has 7 atom stereocenters. The van der Waals surface area contributed by atoms with E-state index in [-0.39, 0.29) is 35.6 Å². The first-order valence-corrected chi connectivity index (χ1v) is 13.1. The molecule has 6 rings (SSSR count). The van der Waals surface area contributed by atoms with Crippen molar-refractivity contribution in [2.24, 2.45) is 0 Å². The number of hydrogen-bond donors (Lipinski definition) is 0. The predicted molar refractivity (Wildman–Crippen MR) is 104 cm³/mol. The van der Waals surface area contributed by atoms with Crippen molar-refractivity contribution in [3.8, 4) is 0 Å². The molecular formula is C21H30O6Si. The molecule has 4 bridgehead atoms. The number of hydrogen-bond acceptors (Lipinski definition) is 6. The van der Waals surface area contributed by atoms with Gasteiger partial charge >= 0.3 is 0 Å². The SMILES string of the molecule is CC(C)(C)[Si](C)(C)O[C@@H]1[C@H]2O[C@H]3O[C@@H]([C@@H]2OCc2ccccc2)[C@]2(CO2)[C@H]1O3. The molecule has 1 aliphatic carbocycles. The summed E-state index contributed by atoms with van der Waals surface area (Å²) in [4.78, 5) is 0. The van der Waals surface area contributed by atoms with Gasteiger partial charge in [-0.1, -0.05) is 51.1 Å². The van der Waals surface area contributed by atoms with Gasteiger partial charge in [0.25, 0.3) is 6.48 Å². The zero-order chi connectivity index (χ0) is 19.7. The minimum Gasteiger partial charge on any atom is -0.408 e. The molecule has 5 fully saturated rings. The van der Waals surface area contributed by atoms with Gasteiger partial charge in [-0.05, 0) is 23.7 Å². The molecule has 7 heteroatoms. The first kappa shape index (κ1) is 19.2. The molecule has 154 valence electrons. The van der Waals surface area contributed by atoms with E-state index in [1.807, 2.05) is 18.2 Å². The highest BCUT2D eigenvalue weighted by molar-refractivity contribution is 6.74. The lowest BCUT2D eigenvalue weighted by Crippen LogP contribution is -2.78. The quantitative estimate of drug-likeness (QED) is 0.553. The second-order valence-electron chi connectivity index (χ2n) is 9.85. The van der Waals surface area contributed by atoms with Gasteiger partial charge in [0.05, 0.1) is 13.2 Å². The zero-order valence-corrected chi connectivity index (χ0v) is 18.2. The zero-order valence-electron chi connectivity index (χ0n) is 17.2. The second kappa shape index (κ2) is 6.35. The third-order valence-electron chi connectivity index (χ3n) is 6.99. The van der Waals surface area contributed by atoms with Crippen LogP contribution in [0.5, 0.6) is 0 Å². The molecule has 0 N–H and O–H groups in total. The molecule has 4 heterocycles. The van der Waals surface area contributed by atoms with E-state index in [9.17, 15) is 0 Å². The molecule has 0 radical (unpaired) electrons. The van der Waals surface area contributed by atoms with Crippen molar-refractivity contribution in [1.82, 2.24) is 0 Å². The minimum absolute atomic E-state index is 0.0934. The topological polar surface area (TPSA) is 58.7 Å². The van der Waals surface area contributed by atoms with E-state index < -0.39 is 20.4 Å². The lowest BCUT2D eigenvalue weighted by atomic mass is 9.76. The van der Waals surface area contributed by atoms with Crippen molar-refractivity contribution in [3.05, 3.63) is 35.9 Å². The van der Waals surface area contributed by atoms with Gasteiger partial charge in [0.2, 0.25) is 0 Å². The Hall–Kier alpha value is -0.803. The van der Waals surface area contributed by atoms with Crippen LogP contribution in [-0.2, 0) is 34.7 Å². The fourth-order valence-electron chi connectivity index (χ4n) is 4.26. The van der Waals surface area contributed by atoms with Crippen LogP contribution < -0.4 is 0 Å². The van der Waals surface area contributed by atoms with Crippen LogP contribution in [0.2, 0.25) is 18.1 Å². The van der Waals surface area contributed by atoms with Crippen molar-refractivity contribution in [2.45, 2.75) is 88.1 Å². The van der Waals surface area contributed by atoms with Crippen LogP contribution in [0, 0.1) is 0 Å². The Morgan fingerprint density at radius 3 is 2.29 bits per heavy atom. The highest BCUT2D eigenvalue weighted by Crippen LogP contribution is 2.55. The van der Waals surface area contributed by atoms with E-state index in [1.54, 1.807) is 0 Å². The Labute approximate surface area is 167 Å². The molecule has 0 aromatic heterocycles. The van der Waals surface area contributed by atoms with Crippen LogP contribution in [0.3, 0.4) is 0 Å². The van der Waals surface area contributed by atoms with Crippen molar-refractivity contribution in [3.63, 3.8) is 0 Å². The second-order valence-corrected chi connectivity index (χ2v) is 14.6. The number of benzene rings is 1. The van der Waals surface area contributed by atoms with Gasteiger partial charge in [-0.15, -0.1) is 0 Å². The van der Waals surface area contributed by atoms with Crippen LogP contribution in [0.4, 0.5) is 0 Å². The van der Waals surface area contributed by atoms with E-state index in [0.29, 0.717) is 13.2 Å². The number of ether oxygens (including phenoxy) is 5. The van der Waals surface area contributed by atoms with E-state index in [2.05, 4.69) is 46.0 Å². The smallest absolute Gasteiger partial charge is 0.273 e. The van der Waals surface area contributed by atoms with Gasteiger partial charge in [-0.2, -0.15) is 0 Å². The lowest BCUT2D eigenvalue weighted by molar-refractivity contribution is -0.479. The fraction of sp³-hybridized carbons (Fsp3) is 0.714. The molecule has 5 aliphatic rings. The third kappa shape index (κ3) is 2.91. The maximum atomic E-state index is 6.81. The summed E-state index contributed by atoms with van der Waals surface area (Å²) in [5, 5.41) is 0.0934. The molecule has 1 aromatic rings. The molecule has 4 aliphatic heterocycles. The number of rotatable bonds is 5. The average Bonchev–Trinajstić information content (AvgIpc) is 3.42. The maximum Gasteiger partial charge on any atom is 0.273 e. The first-order chi connectivity index (χ1) is 13.2. The fourth-order valence-corrected chi connectivity index (χ4v) is 5.55. The molecule has 28 heavy (non-hydrogen) atoms. The maximum absolute atomic E-state index is 6.81. The van der Waals surface area contributed by atoms with Crippen LogP contribution in [0.15, 0.2) is 30.3 Å². The van der Waals surface area contributed by atoms with Crippen molar-refractivity contribution in [1.29, 1.82) is 0 Å². The van der Waals surface area contributed by atoms with Crippen molar-refractivity contribution >= 4 is 8.32 Å². The standard InChI is InChI=1S/C21H30O6Si/c1-20(2,3)28(4,5)27-16-14-15(22-11-13-9-7-6-8-10-13)17-21(12-23-21)18(16)26-19(24-14)25-17/h6-10,14-19H,11-12H2,1-5H3/t14-,15+,16+,17-,18-,19-,21+/m0/s1. The van der Waals surface area contributed by atoms with Crippen LogP contribution >= 0.6 is 0 Å². The molecule has 0 unspecified atom stereocenters. The molecule has 6 nitrogen and oxygen atoms in total. The van der Waals surface area contributed by atoms with E-state index in [4.69, 9.17) is 28.1 Å². The summed E-state index contributed by atoms with van der Waals surface area (Å²) in [6, 6.07) is 10.2. The highest BCUT2D eigenvalue weighted by Gasteiger charge is 2.76. The van der Waals surface area contributed by atoms with E-state index >= 15 is 0 Å². The van der Waals surface area contributed by atoms with Gasteiger partial charge < -0.3 is 28.1 Å². The summed E-state index contributed by atoms with van der Waals surface area (Å²) in [5.74, 6) is 0. The van der Waals surface area contributed by atoms with Gasteiger partial charge in [-0.25, -0.2) is 0 Å². The van der Waals surface area contributed by atoms with E-state index in [1.165, 1.54) is 0 Å². The van der Waals surface area contributed by atoms with Gasteiger partial charge in [0.1, 0.15) is 36.1 Å². The summed E-state index contributed by atoms with van der Waals surface area (Å²) in [6.07, 6.45) is -1.01. The summed E-state index contributed by atoms with van der Waals surface area (Å²) in [5.41, 5.74) is 0.658. The van der Waals surface area contributed by atoms with E-state index in [0.717, 1.165) is 5.56 Å². The summed E-state index contributed by atoms with van der Waals surface area (Å²) in [7, 11) is -2.03. The molecular weight excluding hydrogens is 376 g/mol. The normalized spacial score (nSPS) is 41.6. The average molecular weight is 407 g/mol. The first-order valence-electron chi connectivity index (χ1n) is 10.1. The largest absolute Gasteiger partial charge is 0.408 e. The van der Waals surface area contributed by atoms with Crippen LogP contribution in [-0.4, -0.2) is 57.5 Å². The van der Waals surface area contributed by atoms with Gasteiger partial charge in [0.15, 0.2) is 8.32 Å². The summed E-state index contributed by atoms with van der Waals surface area (Å²) in [6.45, 7) is 11.7. The molecule has 1 spiro atoms. The number of epoxide rings is 1. The Bertz CT molecular complexity index is 728. The molecule has 1 saturated carbocycles. The Morgan fingerprint density at radius 1 is 1.04 bits per heavy atom. The van der Waals surface area contributed by atoms with Crippen molar-refractivity contribution in [2.75, 3.05) is 6.61 Å². The minimum atomic E-state index is -2.03. The van der Waals surface area contributed by atoms with Crippen LogP contribution in [0.25, 0.3) is 0 Å². The Morgan fingerprint density at radius 2 is 1.68 bits per heavy atom. The highest BCUT2D eigenvalue weighted by atomic mass is 28.4.